The lowest BCUT2D eigenvalue weighted by Gasteiger charge is -1.80. The molecule has 0 aromatic rings. The fourth-order valence-electron chi connectivity index (χ4n) is 0.291. The van der Waals surface area contributed by atoms with E-state index in [1.165, 1.54) is 10.8 Å². The predicted molar refractivity (Wildman–Crippen MR) is 47.5 cm³/mol. The molecule has 0 unspecified atom stereocenters. The van der Waals surface area contributed by atoms with Crippen molar-refractivity contribution < 1.29 is 0 Å². The van der Waals surface area contributed by atoms with Gasteiger partial charge in [0.2, 0.25) is 0 Å². The molecule has 0 aliphatic carbocycles. The van der Waals surface area contributed by atoms with Gasteiger partial charge in [0.25, 0.3) is 0 Å². The minimum absolute atomic E-state index is 0.505. The molecule has 0 nitrogen and oxygen atoms in total. The molecule has 42 valence electrons. The first-order chi connectivity index (χ1) is 3.91. The summed E-state index contributed by atoms with van der Waals surface area (Å²) in [5, 5.41) is 0. The second kappa shape index (κ2) is 8.35. The largest absolute Gasteiger partial charge is 0.598 e. The highest BCUT2D eigenvalue weighted by atomic mass is 127. The fraction of sp³-hybridized carbons (Fsp3) is 0.600. The van der Waals surface area contributed by atoms with E-state index in [4.69, 9.17) is 9.07 Å². The monoisotopic (exact) mass is 252 g/mol. The zero-order valence-electron chi connectivity index (χ0n) is 4.58. The summed E-state index contributed by atoms with van der Waals surface area (Å²) in [6.45, 7) is 0. The summed E-state index contributed by atoms with van der Waals surface area (Å²) in [6.07, 6.45) is 2.24. The van der Waals surface area contributed by atoms with Crippen molar-refractivity contribution in [3.63, 3.8) is 0 Å². The molecule has 0 radical (unpaired) electrons. The van der Waals surface area contributed by atoms with Crippen LogP contribution in [-0.4, -0.2) is 23.7 Å². The summed E-state index contributed by atoms with van der Waals surface area (Å²) in [6, 6.07) is 0. The van der Waals surface area contributed by atoms with Gasteiger partial charge in [-0.3, -0.25) is 0 Å². The van der Waals surface area contributed by atoms with Crippen molar-refractivity contribution in [3.8, 4) is 9.97 Å². The molecule has 8 heavy (non-hydrogen) atoms. The van der Waals surface area contributed by atoms with Crippen LogP contribution in [0.2, 0.25) is 0 Å². The van der Waals surface area contributed by atoms with Gasteiger partial charge in [0.05, 0.1) is 0 Å². The van der Waals surface area contributed by atoms with Gasteiger partial charge in [-0.15, -0.1) is 5.92 Å². The molecule has 0 amide bonds. The molecule has 0 aromatic carbocycles. The van der Waals surface area contributed by atoms with Crippen LogP contribution in [0.3, 0.4) is 0 Å². The topological polar surface area (TPSA) is 0 Å². The summed E-state index contributed by atoms with van der Waals surface area (Å²) in [5.41, 5.74) is 0. The van der Waals surface area contributed by atoms with E-state index < -0.39 is 19.3 Å². The number of rotatable bonds is 2. The summed E-state index contributed by atoms with van der Waals surface area (Å²) in [7, 11) is 5.44. The van der Waals surface area contributed by atoms with Crippen molar-refractivity contribution >= 4 is 50.9 Å². The Kier molecular flexibility index (Phi) is 9.75. The molecule has 0 spiro atoms. The maximum absolute atomic E-state index is 5.44. The Morgan fingerprint density at radius 2 is 2.38 bits per heavy atom. The van der Waals surface area contributed by atoms with Crippen LogP contribution in [0.5, 0.6) is 0 Å². The Hall–Kier alpha value is 1.35. The zero-order chi connectivity index (χ0) is 6.24. The van der Waals surface area contributed by atoms with Crippen LogP contribution >= 0.6 is 31.7 Å². The molecular formula is C5H6ClIMg. The molecule has 0 fully saturated rings. The molecule has 0 saturated heterocycles. The first-order valence-electron chi connectivity index (χ1n) is 2.49. The second-order valence-electron chi connectivity index (χ2n) is 1.28. The van der Waals surface area contributed by atoms with Gasteiger partial charge in [-0.25, -0.2) is 4.05 Å². The highest BCUT2D eigenvalue weighted by Crippen LogP contribution is 1.91. The third-order valence-corrected chi connectivity index (χ3v) is 2.17. The summed E-state index contributed by atoms with van der Waals surface area (Å²) < 4.78 is 4.14. The van der Waals surface area contributed by atoms with E-state index >= 15 is 0 Å². The van der Waals surface area contributed by atoms with Crippen molar-refractivity contribution in [1.29, 1.82) is 0 Å². The zero-order valence-corrected chi connectivity index (χ0v) is 8.91. The highest BCUT2D eigenvalue weighted by Gasteiger charge is 1.77. The van der Waals surface area contributed by atoms with Crippen LogP contribution < -0.4 is 0 Å². The molecule has 0 rings (SSSR count). The van der Waals surface area contributed by atoms with Crippen LogP contribution in [0, 0.1) is 9.97 Å². The molecule has 0 N–H and O–H groups in total. The van der Waals surface area contributed by atoms with E-state index in [-0.39, 0.29) is 0 Å². The second-order valence-corrected chi connectivity index (χ2v) is 3.78. The van der Waals surface area contributed by atoms with Crippen LogP contribution in [0.1, 0.15) is 12.8 Å². The van der Waals surface area contributed by atoms with Gasteiger partial charge in [-0.2, -0.15) is 0 Å². The van der Waals surface area contributed by atoms with Gasteiger partial charge < -0.3 is 9.07 Å². The Balaban J connectivity index is 2.90. The van der Waals surface area contributed by atoms with Crippen molar-refractivity contribution in [3.05, 3.63) is 0 Å². The normalized spacial score (nSPS) is 6.75. The lowest BCUT2D eigenvalue weighted by molar-refractivity contribution is 1.01. The van der Waals surface area contributed by atoms with E-state index in [9.17, 15) is 0 Å². The van der Waals surface area contributed by atoms with Gasteiger partial charge in [0, 0.05) is 10.8 Å². The standard InChI is InChI=1S/C5H6I.ClH.Mg/c1-2-3-4-5-6;;/h3-5H2;1H;/q;;+1/p-1. The van der Waals surface area contributed by atoms with Gasteiger partial charge in [-0.1, -0.05) is 22.6 Å². The number of halogens is 2. The molecule has 3 heteroatoms. The molecule has 0 aliphatic rings. The van der Waals surface area contributed by atoms with Gasteiger partial charge in [0.1, 0.15) is 0 Å². The lowest BCUT2D eigenvalue weighted by atomic mass is 10.4. The average molecular weight is 253 g/mol. The third kappa shape index (κ3) is 7.35. The van der Waals surface area contributed by atoms with Crippen LogP contribution in [0.25, 0.3) is 0 Å². The summed E-state index contributed by atoms with van der Waals surface area (Å²) in [5.74, 6) is 3.01. The van der Waals surface area contributed by atoms with Crippen molar-refractivity contribution in [2.24, 2.45) is 0 Å². The first kappa shape index (κ1) is 9.35. The molecule has 0 heterocycles. The Morgan fingerprint density at radius 3 is 2.88 bits per heavy atom. The van der Waals surface area contributed by atoms with Crippen molar-refractivity contribution in [2.45, 2.75) is 12.8 Å². The summed E-state index contributed by atoms with van der Waals surface area (Å²) in [4.78, 5) is 0. The Labute approximate surface area is 77.4 Å². The number of hydrogen-bond acceptors (Lipinski definition) is 0. The maximum atomic E-state index is 5.44. The molecule has 0 bridgehead atoms. The minimum Gasteiger partial charge on any atom is -0.316 e. The van der Waals surface area contributed by atoms with Gasteiger partial charge in [0.15, 0.2) is 0 Å². The van der Waals surface area contributed by atoms with E-state index in [1.54, 1.807) is 0 Å². The average Bonchev–Trinajstić information content (AvgIpc) is 1.81. The smallest absolute Gasteiger partial charge is 0.316 e. The lowest BCUT2D eigenvalue weighted by Crippen LogP contribution is -1.72. The first-order valence-corrected chi connectivity index (χ1v) is 6.86. The van der Waals surface area contributed by atoms with E-state index in [2.05, 4.69) is 32.6 Å². The van der Waals surface area contributed by atoms with Crippen LogP contribution in [-0.2, 0) is 0 Å². The fourth-order valence-corrected chi connectivity index (χ4v) is 1.23. The van der Waals surface area contributed by atoms with Crippen LogP contribution in [0.15, 0.2) is 0 Å². The number of hydrogen-bond donors (Lipinski definition) is 0. The summed E-state index contributed by atoms with van der Waals surface area (Å²) >= 11 is 1.84. The quantitative estimate of drug-likeness (QED) is 0.232. The van der Waals surface area contributed by atoms with Crippen LogP contribution in [0.4, 0.5) is 0 Å². The third-order valence-electron chi connectivity index (χ3n) is 0.627. The number of alkyl halides is 1. The van der Waals surface area contributed by atoms with E-state index in [1.807, 2.05) is 0 Å². The minimum atomic E-state index is -0.505. The molecule has 0 aromatic heterocycles. The molecule has 0 atom stereocenters. The molecular weight excluding hydrogens is 247 g/mol. The predicted octanol–water partition coefficient (Wildman–Crippen LogP) is 2.02. The van der Waals surface area contributed by atoms with Crippen molar-refractivity contribution in [1.82, 2.24) is 0 Å². The van der Waals surface area contributed by atoms with E-state index in [0.717, 1.165) is 6.42 Å². The number of unbranched alkanes of at least 4 members (excludes halogenated alkanes) is 1. The maximum Gasteiger partial charge on any atom is 0.598 e. The highest BCUT2D eigenvalue weighted by molar-refractivity contribution is 14.1. The van der Waals surface area contributed by atoms with Gasteiger partial charge in [-0.05, 0) is 6.42 Å². The molecule has 0 saturated carbocycles. The van der Waals surface area contributed by atoms with Gasteiger partial charge >= 0.3 is 19.3 Å². The van der Waals surface area contributed by atoms with E-state index in [0.29, 0.717) is 0 Å². The SMILES string of the molecule is [Cl][Mg][C]#CCCCI. The Bertz CT molecular complexity index is 94.3. The van der Waals surface area contributed by atoms with Crippen molar-refractivity contribution in [2.75, 3.05) is 4.43 Å². The molecule has 0 aliphatic heterocycles. The Morgan fingerprint density at radius 1 is 1.62 bits per heavy atom.